The van der Waals surface area contributed by atoms with Crippen molar-refractivity contribution >= 4 is 44.4 Å². The van der Waals surface area contributed by atoms with E-state index in [1.807, 2.05) is 31.1 Å². The predicted molar refractivity (Wildman–Crippen MR) is 98.7 cm³/mol. The molecule has 0 aliphatic carbocycles. The van der Waals surface area contributed by atoms with E-state index in [4.69, 9.17) is 11.6 Å². The number of alkyl halides is 1. The fourth-order valence-electron chi connectivity index (χ4n) is 2.21. The van der Waals surface area contributed by atoms with Crippen LogP contribution in [0.25, 0.3) is 0 Å². The van der Waals surface area contributed by atoms with E-state index in [0.717, 1.165) is 5.69 Å². The van der Waals surface area contributed by atoms with Gasteiger partial charge in [0, 0.05) is 26.3 Å². The first kappa shape index (κ1) is 18.8. The number of carbonyl (C=O) groups excluding carboxylic acids is 1. The van der Waals surface area contributed by atoms with Crippen LogP contribution in [-0.2, 0) is 14.6 Å². The molecule has 0 saturated heterocycles. The van der Waals surface area contributed by atoms with Crippen LogP contribution in [0.2, 0.25) is 0 Å². The van der Waals surface area contributed by atoms with Gasteiger partial charge in [0.15, 0.2) is 9.84 Å². The monoisotopic (exact) mass is 386 g/mol. The summed E-state index contributed by atoms with van der Waals surface area (Å²) in [6, 6.07) is 10.5. The molecule has 130 valence electrons. The van der Waals surface area contributed by atoms with Gasteiger partial charge in [-0.15, -0.1) is 22.9 Å². The molecule has 0 fully saturated rings. The normalized spacial score (nSPS) is 12.6. The van der Waals surface area contributed by atoms with Gasteiger partial charge in [-0.05, 0) is 29.1 Å². The van der Waals surface area contributed by atoms with Crippen molar-refractivity contribution in [3.8, 4) is 0 Å². The summed E-state index contributed by atoms with van der Waals surface area (Å²) in [6.45, 7) is -0.0207. The van der Waals surface area contributed by atoms with Gasteiger partial charge in [0.05, 0.1) is 0 Å². The fraction of sp³-hybridized carbons (Fsp3) is 0.312. The third-order valence-corrected chi connectivity index (χ3v) is 7.31. The molecule has 1 aromatic heterocycles. The van der Waals surface area contributed by atoms with Crippen LogP contribution < -0.4 is 10.2 Å². The van der Waals surface area contributed by atoms with Crippen LogP contribution in [0.5, 0.6) is 0 Å². The maximum Gasteiger partial charge on any atom is 0.234 e. The van der Waals surface area contributed by atoms with Crippen molar-refractivity contribution in [1.82, 2.24) is 5.32 Å². The third kappa shape index (κ3) is 4.28. The SMILES string of the molecule is CN(C)c1ccc([C@H](CNC(=O)CCl)S(=O)(=O)c2cccs2)cc1. The van der Waals surface area contributed by atoms with Gasteiger partial charge < -0.3 is 10.2 Å². The Morgan fingerprint density at radius 1 is 1.25 bits per heavy atom. The first-order chi connectivity index (χ1) is 11.4. The molecule has 0 radical (unpaired) electrons. The van der Waals surface area contributed by atoms with Gasteiger partial charge in [0.2, 0.25) is 5.91 Å². The molecule has 0 aliphatic rings. The number of nitrogens with zero attached hydrogens (tertiary/aromatic N) is 1. The summed E-state index contributed by atoms with van der Waals surface area (Å²) in [5, 5.41) is 3.44. The summed E-state index contributed by atoms with van der Waals surface area (Å²) >= 11 is 6.65. The fourth-order valence-corrected chi connectivity index (χ4v) is 5.17. The van der Waals surface area contributed by atoms with Gasteiger partial charge in [0.25, 0.3) is 0 Å². The molecule has 0 aliphatic heterocycles. The van der Waals surface area contributed by atoms with Gasteiger partial charge in [-0.1, -0.05) is 18.2 Å². The quantitative estimate of drug-likeness (QED) is 0.743. The first-order valence-corrected chi connectivity index (χ1v) is 10.2. The molecule has 0 unspecified atom stereocenters. The molecule has 1 aromatic carbocycles. The van der Waals surface area contributed by atoms with Crippen LogP contribution in [0.3, 0.4) is 0 Å². The van der Waals surface area contributed by atoms with Crippen LogP contribution in [-0.4, -0.2) is 40.8 Å². The van der Waals surface area contributed by atoms with E-state index >= 15 is 0 Å². The highest BCUT2D eigenvalue weighted by atomic mass is 35.5. The Kier molecular flexibility index (Phi) is 6.26. The number of nitrogens with one attached hydrogen (secondary N) is 1. The molecule has 0 bridgehead atoms. The van der Waals surface area contributed by atoms with Crippen LogP contribution in [0.15, 0.2) is 46.0 Å². The minimum atomic E-state index is -3.60. The van der Waals surface area contributed by atoms with Gasteiger partial charge in [-0.25, -0.2) is 8.42 Å². The van der Waals surface area contributed by atoms with E-state index in [1.165, 1.54) is 11.3 Å². The number of halogens is 1. The maximum atomic E-state index is 12.9. The molecule has 1 heterocycles. The molecule has 1 amide bonds. The standard InChI is InChI=1S/C16H19ClN2O3S2/c1-19(2)13-7-5-12(6-8-13)14(11-18-15(20)10-17)24(21,22)16-4-3-9-23-16/h3-9,14H,10-11H2,1-2H3,(H,18,20)/t14-/m0/s1. The lowest BCUT2D eigenvalue weighted by Gasteiger charge is -2.19. The molecule has 0 saturated carbocycles. The summed E-state index contributed by atoms with van der Waals surface area (Å²) in [7, 11) is 0.224. The topological polar surface area (TPSA) is 66.5 Å². The number of amides is 1. The number of benzene rings is 1. The van der Waals surface area contributed by atoms with Gasteiger partial charge in [0.1, 0.15) is 15.3 Å². The summed E-state index contributed by atoms with van der Waals surface area (Å²) < 4.78 is 26.1. The Labute approximate surface area is 151 Å². The molecular weight excluding hydrogens is 368 g/mol. The number of carbonyl (C=O) groups is 1. The minimum absolute atomic E-state index is 0.0207. The summed E-state index contributed by atoms with van der Waals surface area (Å²) in [5.74, 6) is -0.598. The zero-order valence-electron chi connectivity index (χ0n) is 13.4. The second kappa shape index (κ2) is 8.00. The largest absolute Gasteiger partial charge is 0.378 e. The average Bonchev–Trinajstić information content (AvgIpc) is 3.10. The highest BCUT2D eigenvalue weighted by Gasteiger charge is 2.30. The number of rotatable bonds is 7. The molecule has 1 N–H and O–H groups in total. The summed E-state index contributed by atoms with van der Waals surface area (Å²) in [6.07, 6.45) is 0. The van der Waals surface area contributed by atoms with Crippen LogP contribution >= 0.6 is 22.9 Å². The van der Waals surface area contributed by atoms with Crippen molar-refractivity contribution < 1.29 is 13.2 Å². The molecule has 2 rings (SSSR count). The van der Waals surface area contributed by atoms with Gasteiger partial charge in [-0.2, -0.15) is 0 Å². The molecule has 2 aromatic rings. The lowest BCUT2D eigenvalue weighted by atomic mass is 10.1. The molecule has 8 heteroatoms. The smallest absolute Gasteiger partial charge is 0.234 e. The van der Waals surface area contributed by atoms with Gasteiger partial charge in [-0.3, -0.25) is 4.79 Å². The number of sulfone groups is 1. The van der Waals surface area contributed by atoms with E-state index in [2.05, 4.69) is 5.32 Å². The predicted octanol–water partition coefficient (Wildman–Crippen LogP) is 2.68. The van der Waals surface area contributed by atoms with Crippen molar-refractivity contribution in [3.05, 3.63) is 47.3 Å². The maximum absolute atomic E-state index is 12.9. The zero-order valence-corrected chi connectivity index (χ0v) is 15.8. The van der Waals surface area contributed by atoms with E-state index in [0.29, 0.717) is 5.56 Å². The molecule has 24 heavy (non-hydrogen) atoms. The Bertz CT molecular complexity index is 772. The van der Waals surface area contributed by atoms with E-state index in [1.54, 1.807) is 29.6 Å². The van der Waals surface area contributed by atoms with Crippen molar-refractivity contribution in [2.24, 2.45) is 0 Å². The number of hydrogen-bond acceptors (Lipinski definition) is 5. The highest BCUT2D eigenvalue weighted by Crippen LogP contribution is 2.32. The number of thiophene rings is 1. The minimum Gasteiger partial charge on any atom is -0.378 e. The Hall–Kier alpha value is -1.57. The van der Waals surface area contributed by atoms with Crippen molar-refractivity contribution in [3.63, 3.8) is 0 Å². The van der Waals surface area contributed by atoms with Crippen LogP contribution in [0.4, 0.5) is 5.69 Å². The average molecular weight is 387 g/mol. The van der Waals surface area contributed by atoms with Crippen LogP contribution in [0.1, 0.15) is 10.8 Å². The Morgan fingerprint density at radius 2 is 1.92 bits per heavy atom. The van der Waals surface area contributed by atoms with Crippen molar-refractivity contribution in [2.75, 3.05) is 31.4 Å². The number of anilines is 1. The lowest BCUT2D eigenvalue weighted by molar-refractivity contribution is -0.118. The van der Waals surface area contributed by atoms with Crippen molar-refractivity contribution in [1.29, 1.82) is 0 Å². The third-order valence-electron chi connectivity index (χ3n) is 3.54. The Balaban J connectivity index is 2.37. The second-order valence-electron chi connectivity index (χ2n) is 5.39. The first-order valence-electron chi connectivity index (χ1n) is 7.23. The van der Waals surface area contributed by atoms with E-state index in [9.17, 15) is 13.2 Å². The molecule has 1 atom stereocenters. The zero-order chi connectivity index (χ0) is 17.7. The number of hydrogen-bond donors (Lipinski definition) is 1. The summed E-state index contributed by atoms with van der Waals surface area (Å²) in [5.41, 5.74) is 1.60. The van der Waals surface area contributed by atoms with E-state index < -0.39 is 21.0 Å². The van der Waals surface area contributed by atoms with Crippen LogP contribution in [0, 0.1) is 0 Å². The summed E-state index contributed by atoms with van der Waals surface area (Å²) in [4.78, 5) is 13.4. The van der Waals surface area contributed by atoms with Crippen molar-refractivity contribution in [2.45, 2.75) is 9.46 Å². The molecular formula is C16H19ClN2O3S2. The van der Waals surface area contributed by atoms with Gasteiger partial charge >= 0.3 is 0 Å². The highest BCUT2D eigenvalue weighted by molar-refractivity contribution is 7.93. The molecule has 5 nitrogen and oxygen atoms in total. The van der Waals surface area contributed by atoms with E-state index in [-0.39, 0.29) is 16.6 Å². The second-order valence-corrected chi connectivity index (χ2v) is 8.96. The molecule has 0 spiro atoms. The Morgan fingerprint density at radius 3 is 2.42 bits per heavy atom. The lowest BCUT2D eigenvalue weighted by Crippen LogP contribution is -2.32.